The number of nitrogens with one attached hydrogen (secondary N) is 1. The first-order valence-corrected chi connectivity index (χ1v) is 7.61. The molecule has 102 valence electrons. The highest BCUT2D eigenvalue weighted by atomic mass is 28.4. The Morgan fingerprint density at radius 1 is 1.17 bits per heavy atom. The molecule has 1 rings (SSSR count). The second-order valence-corrected chi connectivity index (χ2v) is 6.67. The summed E-state index contributed by atoms with van der Waals surface area (Å²) in [6.07, 6.45) is -0.265. The normalized spacial score (nSPS) is 13.6. The third-order valence-corrected chi connectivity index (χ3v) is 5.58. The molecule has 0 fully saturated rings. The average Bonchev–Trinajstić information content (AvgIpc) is 2.42. The van der Waals surface area contributed by atoms with Gasteiger partial charge in [-0.1, -0.05) is 31.2 Å². The zero-order chi connectivity index (χ0) is 13.6. The summed E-state index contributed by atoms with van der Waals surface area (Å²) < 4.78 is 16.5. The van der Waals surface area contributed by atoms with Gasteiger partial charge in [0.1, 0.15) is 0 Å². The minimum absolute atomic E-state index is 0.265. The van der Waals surface area contributed by atoms with Gasteiger partial charge in [0, 0.05) is 26.5 Å². The number of rotatable bonds is 7. The molecule has 0 amide bonds. The Hall–Kier alpha value is -0.763. The van der Waals surface area contributed by atoms with Gasteiger partial charge in [-0.3, -0.25) is 5.32 Å². The average molecular weight is 270 g/mol. The number of benzene rings is 1. The van der Waals surface area contributed by atoms with Gasteiger partial charge in [0.05, 0.1) is 6.17 Å². The van der Waals surface area contributed by atoms with Gasteiger partial charge in [-0.2, -0.15) is 0 Å². The highest BCUT2D eigenvalue weighted by Gasteiger charge is 2.43. The molecule has 1 atom stereocenters. The van der Waals surface area contributed by atoms with Gasteiger partial charge >= 0.3 is 8.80 Å². The molecule has 0 aromatic heterocycles. The molecule has 3 N–H and O–H groups in total. The lowest BCUT2D eigenvalue weighted by Gasteiger charge is -2.28. The van der Waals surface area contributed by atoms with E-state index in [4.69, 9.17) is 19.0 Å². The second kappa shape index (κ2) is 6.98. The van der Waals surface area contributed by atoms with E-state index in [2.05, 4.69) is 5.32 Å². The predicted octanol–water partition coefficient (Wildman–Crippen LogP) is 0.339. The van der Waals surface area contributed by atoms with Crippen LogP contribution in [0.15, 0.2) is 24.3 Å². The van der Waals surface area contributed by atoms with Gasteiger partial charge in [0.25, 0.3) is 0 Å². The zero-order valence-corrected chi connectivity index (χ0v) is 12.4. The topological polar surface area (TPSA) is 65.7 Å². The fourth-order valence-electron chi connectivity index (χ4n) is 1.96. The molecule has 6 heteroatoms. The van der Waals surface area contributed by atoms with Crippen molar-refractivity contribution in [1.29, 1.82) is 0 Å². The van der Waals surface area contributed by atoms with Crippen LogP contribution in [0.25, 0.3) is 0 Å². The summed E-state index contributed by atoms with van der Waals surface area (Å²) in [5.41, 5.74) is 7.05. The Morgan fingerprint density at radius 3 is 2.22 bits per heavy atom. The van der Waals surface area contributed by atoms with E-state index < -0.39 is 8.80 Å². The lowest BCUT2D eigenvalue weighted by molar-refractivity contribution is 0.140. The highest BCUT2D eigenvalue weighted by Crippen LogP contribution is 2.13. The minimum Gasteiger partial charge on any atom is -0.373 e. The molecule has 0 saturated heterocycles. The molecule has 0 radical (unpaired) electrons. The van der Waals surface area contributed by atoms with Crippen LogP contribution in [0.1, 0.15) is 18.7 Å². The first-order valence-electron chi connectivity index (χ1n) is 5.89. The van der Waals surface area contributed by atoms with Crippen molar-refractivity contribution in [2.45, 2.75) is 13.1 Å². The molecule has 0 aliphatic heterocycles. The molecule has 5 nitrogen and oxygen atoms in total. The summed E-state index contributed by atoms with van der Waals surface area (Å²) in [6.45, 7) is 2.80. The van der Waals surface area contributed by atoms with Gasteiger partial charge < -0.3 is 19.0 Å². The van der Waals surface area contributed by atoms with Crippen LogP contribution >= 0.6 is 0 Å². The van der Waals surface area contributed by atoms with Crippen LogP contribution in [0.5, 0.6) is 0 Å². The van der Waals surface area contributed by atoms with Crippen LogP contribution in [-0.4, -0.2) is 36.7 Å². The first kappa shape index (κ1) is 15.3. The van der Waals surface area contributed by atoms with Crippen LogP contribution in [-0.2, 0) is 13.3 Å². The molecule has 1 unspecified atom stereocenters. The van der Waals surface area contributed by atoms with Gasteiger partial charge in [-0.15, -0.1) is 0 Å². The summed E-state index contributed by atoms with van der Waals surface area (Å²) in [5, 5.41) is 4.07. The smallest absolute Gasteiger partial charge is 0.373 e. The number of hydrogen-bond acceptors (Lipinski definition) is 5. The third-order valence-electron chi connectivity index (χ3n) is 2.86. The summed E-state index contributed by atoms with van der Waals surface area (Å²) in [6, 6.07) is 7.77. The van der Waals surface area contributed by atoms with Crippen LogP contribution < -0.4 is 16.2 Å². The van der Waals surface area contributed by atoms with E-state index in [-0.39, 0.29) is 6.17 Å². The SMILES string of the molecule is CCNC(N)c1ccccc1[Si](OC)(OC)OC. The van der Waals surface area contributed by atoms with E-state index in [9.17, 15) is 0 Å². The molecular weight excluding hydrogens is 248 g/mol. The van der Waals surface area contributed by atoms with Gasteiger partial charge in [-0.05, 0) is 12.1 Å². The Balaban J connectivity index is 3.22. The van der Waals surface area contributed by atoms with Crippen molar-refractivity contribution in [1.82, 2.24) is 5.32 Å². The molecule has 0 bridgehead atoms. The fourth-order valence-corrected chi connectivity index (χ4v) is 4.01. The van der Waals surface area contributed by atoms with Crippen LogP contribution in [0.4, 0.5) is 0 Å². The Bertz CT molecular complexity index is 364. The van der Waals surface area contributed by atoms with E-state index in [0.717, 1.165) is 17.3 Å². The van der Waals surface area contributed by atoms with Crippen molar-refractivity contribution in [3.05, 3.63) is 29.8 Å². The van der Waals surface area contributed by atoms with Gasteiger partial charge in [-0.25, -0.2) is 0 Å². The summed E-state index contributed by atoms with van der Waals surface area (Å²) in [7, 11) is 1.93. The second-order valence-electron chi connectivity index (χ2n) is 3.79. The van der Waals surface area contributed by atoms with E-state index in [1.807, 2.05) is 31.2 Å². The third kappa shape index (κ3) is 2.97. The largest absolute Gasteiger partial charge is 0.536 e. The van der Waals surface area contributed by atoms with Crippen LogP contribution in [0.3, 0.4) is 0 Å². The minimum atomic E-state index is -2.85. The lowest BCUT2D eigenvalue weighted by atomic mass is 10.2. The maximum absolute atomic E-state index is 6.11. The monoisotopic (exact) mass is 270 g/mol. The molecule has 1 aromatic carbocycles. The Kier molecular flexibility index (Phi) is 5.93. The van der Waals surface area contributed by atoms with Gasteiger partial charge in [0.2, 0.25) is 0 Å². The maximum atomic E-state index is 6.11. The molecule has 0 aliphatic rings. The van der Waals surface area contributed by atoms with Crippen molar-refractivity contribution >= 4 is 14.0 Å². The number of nitrogens with two attached hydrogens (primary N) is 1. The van der Waals surface area contributed by atoms with Crippen molar-refractivity contribution in [2.24, 2.45) is 5.73 Å². The van der Waals surface area contributed by atoms with Gasteiger partial charge in [0.15, 0.2) is 0 Å². The van der Waals surface area contributed by atoms with E-state index in [1.54, 1.807) is 21.3 Å². The standard InChI is InChI=1S/C12H22N2O3Si/c1-5-14-12(13)10-8-6-7-9-11(10)18(15-2,16-3)17-4/h6-9,12,14H,5,13H2,1-4H3. The van der Waals surface area contributed by atoms with Crippen LogP contribution in [0.2, 0.25) is 0 Å². The summed E-state index contributed by atoms with van der Waals surface area (Å²) in [5.74, 6) is 0. The maximum Gasteiger partial charge on any atom is 0.536 e. The quantitative estimate of drug-likeness (QED) is 0.552. The highest BCUT2D eigenvalue weighted by molar-refractivity contribution is 6.75. The molecular formula is C12H22N2O3Si. The molecule has 1 aromatic rings. The van der Waals surface area contributed by atoms with Crippen LogP contribution in [0, 0.1) is 0 Å². The molecule has 0 aliphatic carbocycles. The predicted molar refractivity (Wildman–Crippen MR) is 73.5 cm³/mol. The van der Waals surface area contributed by atoms with Crippen molar-refractivity contribution in [3.8, 4) is 0 Å². The summed E-state index contributed by atoms with van der Waals surface area (Å²) >= 11 is 0. The molecule has 18 heavy (non-hydrogen) atoms. The van der Waals surface area contributed by atoms with E-state index in [1.165, 1.54) is 0 Å². The molecule has 0 heterocycles. The van der Waals surface area contributed by atoms with E-state index in [0.29, 0.717) is 0 Å². The first-order chi connectivity index (χ1) is 8.65. The lowest BCUT2D eigenvalue weighted by Crippen LogP contribution is -2.57. The van der Waals surface area contributed by atoms with Crippen molar-refractivity contribution in [3.63, 3.8) is 0 Å². The Morgan fingerprint density at radius 2 is 1.72 bits per heavy atom. The molecule has 0 saturated carbocycles. The number of hydrogen-bond donors (Lipinski definition) is 2. The van der Waals surface area contributed by atoms with Crippen molar-refractivity contribution in [2.75, 3.05) is 27.9 Å². The summed E-state index contributed by atoms with van der Waals surface area (Å²) in [4.78, 5) is 0. The fraction of sp³-hybridized carbons (Fsp3) is 0.500. The zero-order valence-electron chi connectivity index (χ0n) is 11.4. The van der Waals surface area contributed by atoms with E-state index >= 15 is 0 Å². The Labute approximate surface area is 110 Å². The van der Waals surface area contributed by atoms with Crippen molar-refractivity contribution < 1.29 is 13.3 Å². The molecule has 0 spiro atoms.